The smallest absolute Gasteiger partial charge is 0.330 e. The van der Waals surface area contributed by atoms with Crippen LogP contribution in [0.5, 0.6) is 0 Å². The molecule has 0 unspecified atom stereocenters. The maximum absolute atomic E-state index is 12.4. The lowest BCUT2D eigenvalue weighted by Crippen LogP contribution is -2.42. The topological polar surface area (TPSA) is 110 Å². The maximum Gasteiger partial charge on any atom is 0.330 e. The molecule has 24 heavy (non-hydrogen) atoms. The summed E-state index contributed by atoms with van der Waals surface area (Å²) >= 11 is 0. The van der Waals surface area contributed by atoms with Crippen molar-refractivity contribution in [1.82, 2.24) is 9.55 Å². The summed E-state index contributed by atoms with van der Waals surface area (Å²) in [5.41, 5.74) is 4.67. The minimum Gasteiger partial charge on any atom is -0.383 e. The van der Waals surface area contributed by atoms with Gasteiger partial charge in [0.1, 0.15) is 5.82 Å². The Morgan fingerprint density at radius 2 is 2.08 bits per heavy atom. The molecule has 0 aliphatic heterocycles. The number of carbonyl (C=O) groups is 1. The minimum atomic E-state index is -0.700. The SMILES string of the molecule is C/C=C/C=C/C(=O)N(CCOC)c1c(N)n(CCC)c(=O)[nH]c1=O. The number of nitrogen functional groups attached to an aromatic ring is 1. The fourth-order valence-corrected chi connectivity index (χ4v) is 2.14. The number of aromatic amines is 1. The van der Waals surface area contributed by atoms with Crippen molar-refractivity contribution in [1.29, 1.82) is 0 Å². The standard InChI is InChI=1S/C16H24N4O4/c1-4-6-7-8-12(21)19(10-11-24-3)13-14(17)20(9-5-2)16(23)18-15(13)22/h4,6-8H,5,9-11,17H2,1-3H3,(H,18,22,23)/b6-4+,8-7+. The molecule has 1 aromatic heterocycles. The second kappa shape index (κ2) is 9.51. The van der Waals surface area contributed by atoms with Crippen molar-refractivity contribution in [2.24, 2.45) is 0 Å². The number of H-pyrrole nitrogens is 1. The average Bonchev–Trinajstić information content (AvgIpc) is 2.54. The molecular formula is C16H24N4O4. The third-order valence-corrected chi connectivity index (χ3v) is 3.26. The van der Waals surface area contributed by atoms with Crippen LogP contribution < -0.4 is 21.9 Å². The van der Waals surface area contributed by atoms with Crippen LogP contribution in [0.25, 0.3) is 0 Å². The van der Waals surface area contributed by atoms with Crippen molar-refractivity contribution in [2.45, 2.75) is 26.8 Å². The number of methoxy groups -OCH3 is 1. The van der Waals surface area contributed by atoms with Gasteiger partial charge in [-0.15, -0.1) is 0 Å². The van der Waals surface area contributed by atoms with E-state index in [-0.39, 0.29) is 24.7 Å². The van der Waals surface area contributed by atoms with Crippen molar-refractivity contribution in [3.8, 4) is 0 Å². The van der Waals surface area contributed by atoms with Crippen molar-refractivity contribution < 1.29 is 9.53 Å². The Bertz CT molecular complexity index is 731. The fraction of sp³-hybridized carbons (Fsp3) is 0.438. The van der Waals surface area contributed by atoms with E-state index < -0.39 is 17.2 Å². The first-order valence-corrected chi connectivity index (χ1v) is 7.70. The summed E-state index contributed by atoms with van der Waals surface area (Å²) in [5, 5.41) is 0. The van der Waals surface area contributed by atoms with Gasteiger partial charge in [-0.1, -0.05) is 25.2 Å². The summed E-state index contributed by atoms with van der Waals surface area (Å²) in [7, 11) is 1.49. The summed E-state index contributed by atoms with van der Waals surface area (Å²) in [6.07, 6.45) is 7.01. The second-order valence-corrected chi connectivity index (χ2v) is 5.01. The summed E-state index contributed by atoms with van der Waals surface area (Å²) in [4.78, 5) is 40.0. The van der Waals surface area contributed by atoms with Crippen LogP contribution in [-0.2, 0) is 16.1 Å². The molecule has 0 spiro atoms. The van der Waals surface area contributed by atoms with Gasteiger partial charge in [0.15, 0.2) is 5.69 Å². The zero-order valence-electron chi connectivity index (χ0n) is 14.2. The number of aromatic nitrogens is 2. The molecule has 0 aromatic carbocycles. The van der Waals surface area contributed by atoms with Crippen LogP contribution in [0.2, 0.25) is 0 Å². The van der Waals surface area contributed by atoms with Gasteiger partial charge in [-0.25, -0.2) is 4.79 Å². The van der Waals surface area contributed by atoms with Gasteiger partial charge in [-0.2, -0.15) is 0 Å². The first-order valence-electron chi connectivity index (χ1n) is 7.70. The Labute approximate surface area is 140 Å². The van der Waals surface area contributed by atoms with Gasteiger partial charge in [-0.05, 0) is 13.3 Å². The predicted octanol–water partition coefficient (Wildman–Crippen LogP) is 0.641. The predicted molar refractivity (Wildman–Crippen MR) is 94.2 cm³/mol. The molecule has 0 saturated carbocycles. The number of rotatable bonds is 8. The second-order valence-electron chi connectivity index (χ2n) is 5.01. The molecule has 0 bridgehead atoms. The lowest BCUT2D eigenvalue weighted by molar-refractivity contribution is -0.114. The van der Waals surface area contributed by atoms with Gasteiger partial charge >= 0.3 is 5.69 Å². The number of hydrogen-bond acceptors (Lipinski definition) is 5. The van der Waals surface area contributed by atoms with E-state index in [1.165, 1.54) is 22.7 Å². The molecule has 0 radical (unpaired) electrons. The van der Waals surface area contributed by atoms with E-state index in [0.29, 0.717) is 13.0 Å². The summed E-state index contributed by atoms with van der Waals surface area (Å²) in [6, 6.07) is 0. The molecule has 1 amide bonds. The van der Waals surface area contributed by atoms with E-state index in [1.807, 2.05) is 13.8 Å². The number of hydrogen-bond donors (Lipinski definition) is 2. The highest BCUT2D eigenvalue weighted by Crippen LogP contribution is 2.17. The van der Waals surface area contributed by atoms with Gasteiger partial charge in [0.2, 0.25) is 0 Å². The van der Waals surface area contributed by atoms with Crippen molar-refractivity contribution in [2.75, 3.05) is 30.9 Å². The molecule has 0 atom stereocenters. The molecule has 8 heteroatoms. The average molecular weight is 336 g/mol. The number of ether oxygens (including phenoxy) is 1. The fourth-order valence-electron chi connectivity index (χ4n) is 2.14. The Morgan fingerprint density at radius 1 is 1.38 bits per heavy atom. The lowest BCUT2D eigenvalue weighted by atomic mass is 10.3. The number of amides is 1. The number of nitrogens with zero attached hydrogens (tertiary/aromatic N) is 2. The maximum atomic E-state index is 12.4. The number of allylic oxidation sites excluding steroid dienone is 3. The van der Waals surface area contributed by atoms with Crippen LogP contribution in [0.15, 0.2) is 33.9 Å². The van der Waals surface area contributed by atoms with E-state index in [1.54, 1.807) is 18.2 Å². The zero-order valence-corrected chi connectivity index (χ0v) is 14.2. The normalized spacial score (nSPS) is 11.5. The first kappa shape index (κ1) is 19.4. The Morgan fingerprint density at radius 3 is 2.67 bits per heavy atom. The zero-order chi connectivity index (χ0) is 18.1. The van der Waals surface area contributed by atoms with Crippen LogP contribution in [0, 0.1) is 0 Å². The number of carbonyl (C=O) groups excluding carboxylic acids is 1. The summed E-state index contributed by atoms with van der Waals surface area (Å²) in [6.45, 7) is 4.39. The number of anilines is 2. The molecule has 1 aromatic rings. The van der Waals surface area contributed by atoms with Crippen molar-refractivity contribution >= 4 is 17.4 Å². The van der Waals surface area contributed by atoms with E-state index >= 15 is 0 Å². The molecule has 0 saturated heterocycles. The van der Waals surface area contributed by atoms with E-state index in [9.17, 15) is 14.4 Å². The molecule has 1 heterocycles. The summed E-state index contributed by atoms with van der Waals surface area (Å²) < 4.78 is 6.25. The van der Waals surface area contributed by atoms with Gasteiger partial charge < -0.3 is 10.5 Å². The first-order chi connectivity index (χ1) is 11.5. The molecule has 8 nitrogen and oxygen atoms in total. The van der Waals surface area contributed by atoms with E-state index in [0.717, 1.165) is 0 Å². The van der Waals surface area contributed by atoms with Crippen LogP contribution in [-0.4, -0.2) is 35.7 Å². The Balaban J connectivity index is 3.42. The third kappa shape index (κ3) is 4.69. The molecule has 0 fully saturated rings. The number of nitrogens with one attached hydrogen (secondary N) is 1. The largest absolute Gasteiger partial charge is 0.383 e. The van der Waals surface area contributed by atoms with Crippen LogP contribution in [0.3, 0.4) is 0 Å². The van der Waals surface area contributed by atoms with Crippen molar-refractivity contribution in [3.05, 3.63) is 45.1 Å². The van der Waals surface area contributed by atoms with Crippen molar-refractivity contribution in [3.63, 3.8) is 0 Å². The molecule has 0 aliphatic carbocycles. The minimum absolute atomic E-state index is 0.0329. The van der Waals surface area contributed by atoms with Crippen LogP contribution >= 0.6 is 0 Å². The summed E-state index contributed by atoms with van der Waals surface area (Å²) in [5.74, 6) is -0.460. The third-order valence-electron chi connectivity index (χ3n) is 3.26. The van der Waals surface area contributed by atoms with Crippen LogP contribution in [0.1, 0.15) is 20.3 Å². The number of nitrogens with two attached hydrogens (primary N) is 1. The van der Waals surface area contributed by atoms with Gasteiger partial charge in [-0.3, -0.25) is 24.0 Å². The van der Waals surface area contributed by atoms with Gasteiger partial charge in [0.25, 0.3) is 11.5 Å². The molecule has 0 aliphatic rings. The lowest BCUT2D eigenvalue weighted by Gasteiger charge is -2.23. The molecule has 1 rings (SSSR count). The highest BCUT2D eigenvalue weighted by molar-refractivity contribution is 6.03. The molecule has 132 valence electrons. The van der Waals surface area contributed by atoms with Crippen LogP contribution in [0.4, 0.5) is 11.5 Å². The Hall–Kier alpha value is -2.61. The monoisotopic (exact) mass is 336 g/mol. The highest BCUT2D eigenvalue weighted by Gasteiger charge is 2.22. The quantitative estimate of drug-likeness (QED) is 0.535. The van der Waals surface area contributed by atoms with Gasteiger partial charge in [0.05, 0.1) is 6.61 Å². The van der Waals surface area contributed by atoms with E-state index in [2.05, 4.69) is 4.98 Å². The Kier molecular flexibility index (Phi) is 7.70. The van der Waals surface area contributed by atoms with E-state index in [4.69, 9.17) is 10.5 Å². The highest BCUT2D eigenvalue weighted by atomic mass is 16.5. The van der Waals surface area contributed by atoms with Gasteiger partial charge in [0, 0.05) is 26.3 Å². The molecular weight excluding hydrogens is 312 g/mol. The molecule has 3 N–H and O–H groups in total.